The predicted molar refractivity (Wildman–Crippen MR) is 157 cm³/mol. The van der Waals surface area contributed by atoms with Gasteiger partial charge in [-0.3, -0.25) is 9.97 Å². The number of aromatic nitrogens is 2. The van der Waals surface area contributed by atoms with Crippen LogP contribution in [0.1, 0.15) is 71.8 Å². The number of ketones is 1. The Balaban J connectivity index is 0.00000370. The minimum atomic E-state index is -0.480. The quantitative estimate of drug-likeness (QED) is 0.123. The maximum absolute atomic E-state index is 14.0. The first-order chi connectivity index (χ1) is 18.8. The topological polar surface area (TPSA) is 42.9 Å². The predicted octanol–water partition coefficient (Wildman–Crippen LogP) is 7.78. The van der Waals surface area contributed by atoms with E-state index >= 15 is 0 Å². The van der Waals surface area contributed by atoms with Crippen LogP contribution in [0.2, 0.25) is 0 Å². The Morgan fingerprint density at radius 3 is 1.68 bits per heavy atom. The smallest absolute Gasteiger partial charge is 0.302 e. The van der Waals surface area contributed by atoms with Crippen LogP contribution in [-0.4, -0.2) is 15.8 Å². The fourth-order valence-electron chi connectivity index (χ4n) is 4.88. The number of carbonyl (C=O) groups excluding carboxylic acids is 1. The number of benzene rings is 3. The minimum Gasteiger partial charge on any atom is -0.302 e. The van der Waals surface area contributed by atoms with Crippen molar-refractivity contribution in [2.45, 2.75) is 38.5 Å². The average molecular weight is 704 g/mol. The van der Waals surface area contributed by atoms with Crippen molar-refractivity contribution in [3.63, 3.8) is 0 Å². The summed E-state index contributed by atoms with van der Waals surface area (Å²) in [5, 5.41) is 0. The second kappa shape index (κ2) is 12.1. The molecule has 0 N–H and O–H groups in total. The second-order valence-electron chi connectivity index (χ2n) is 10.8. The van der Waals surface area contributed by atoms with Gasteiger partial charge in [-0.1, -0.05) is 93.4 Å². The summed E-state index contributed by atoms with van der Waals surface area (Å²) in [5.74, 6) is 0.545. The molecule has 0 fully saturated rings. The number of hydrogen-bond donors (Lipinski definition) is 0. The number of carbonyl (C=O) groups is 1. The van der Waals surface area contributed by atoms with Crippen molar-refractivity contribution in [3.8, 4) is 0 Å². The Morgan fingerprint density at radius 1 is 0.625 bits per heavy atom. The van der Waals surface area contributed by atoms with Crippen LogP contribution >= 0.6 is 0 Å². The molecule has 2 aromatic heterocycles. The van der Waals surface area contributed by atoms with Gasteiger partial charge in [0.05, 0.1) is 5.69 Å². The van der Waals surface area contributed by atoms with Crippen molar-refractivity contribution in [2.24, 2.45) is 0 Å². The molecular weight excluding hydrogens is 671 g/mol. The summed E-state index contributed by atoms with van der Waals surface area (Å²) >= 11 is 0. The number of rotatable bonds is 8. The monoisotopic (exact) mass is 703 g/mol. The van der Waals surface area contributed by atoms with Crippen LogP contribution in [0.25, 0.3) is 0 Å². The van der Waals surface area contributed by atoms with E-state index in [2.05, 4.69) is 63.0 Å². The van der Waals surface area contributed by atoms with Gasteiger partial charge in [-0.25, -0.2) is 0 Å². The number of pyridine rings is 2. The summed E-state index contributed by atoms with van der Waals surface area (Å²) in [5.41, 5.74) is 5.26. The van der Waals surface area contributed by atoms with E-state index in [0.717, 1.165) is 33.6 Å². The van der Waals surface area contributed by atoms with Gasteiger partial charge in [0.1, 0.15) is 0 Å². The zero-order chi connectivity index (χ0) is 27.5. The molecule has 5 aromatic rings. The van der Waals surface area contributed by atoms with Crippen molar-refractivity contribution < 1.29 is 25.9 Å². The first-order valence-corrected chi connectivity index (χ1v) is 13.2. The summed E-state index contributed by atoms with van der Waals surface area (Å²) in [7, 11) is 0. The molecule has 0 bridgehead atoms. The Bertz CT molecular complexity index is 1530. The van der Waals surface area contributed by atoms with Crippen molar-refractivity contribution in [1.82, 2.24) is 9.97 Å². The Kier molecular flexibility index (Phi) is 8.86. The molecule has 0 saturated heterocycles. The zero-order valence-electron chi connectivity index (χ0n) is 23.2. The van der Waals surface area contributed by atoms with E-state index in [1.54, 1.807) is 6.07 Å². The molecule has 0 radical (unpaired) electrons. The molecule has 202 valence electrons. The van der Waals surface area contributed by atoms with Gasteiger partial charge in [-0.05, 0) is 24.1 Å². The maximum atomic E-state index is 14.0. The van der Waals surface area contributed by atoms with E-state index in [0.29, 0.717) is 11.6 Å². The van der Waals surface area contributed by atoms with Crippen LogP contribution in [0.5, 0.6) is 0 Å². The standard InChI is InChI=1S/C36H32N2O.Pt/c1-35(2,31-22-11-12-24-37-31)28-19-13-20-29(25-28)36(3,4)32-23-14-21-30(38-32)34(39)33(26-15-7-5-8-16-26)27-17-9-6-10-18-27;/h5-24H,1-4H3;/q-2;+2. The summed E-state index contributed by atoms with van der Waals surface area (Å²) < 4.78 is 0. The Hall–Kier alpha value is -3.81. The minimum absolute atomic E-state index is 0. The van der Waals surface area contributed by atoms with E-state index in [1.807, 2.05) is 91.1 Å². The Morgan fingerprint density at radius 2 is 1.12 bits per heavy atom. The van der Waals surface area contributed by atoms with Crippen molar-refractivity contribution in [2.75, 3.05) is 0 Å². The molecule has 4 heteroatoms. The third kappa shape index (κ3) is 5.86. The summed E-state index contributed by atoms with van der Waals surface area (Å²) in [4.78, 5) is 23.5. The van der Waals surface area contributed by atoms with Crippen LogP contribution in [0.4, 0.5) is 0 Å². The van der Waals surface area contributed by atoms with E-state index in [9.17, 15) is 4.79 Å². The van der Waals surface area contributed by atoms with Crippen molar-refractivity contribution in [1.29, 1.82) is 0 Å². The molecule has 0 unspecified atom stereocenters. The van der Waals surface area contributed by atoms with E-state index in [-0.39, 0.29) is 32.3 Å². The van der Waals surface area contributed by atoms with Crippen LogP contribution in [0.3, 0.4) is 0 Å². The average Bonchev–Trinajstić information content (AvgIpc) is 2.99. The van der Waals surface area contributed by atoms with Gasteiger partial charge in [0.2, 0.25) is 0 Å². The van der Waals surface area contributed by atoms with E-state index < -0.39 is 5.41 Å². The first kappa shape index (κ1) is 29.2. The van der Waals surface area contributed by atoms with Gasteiger partial charge in [0.25, 0.3) is 0 Å². The number of hydrogen-bond acceptors (Lipinski definition) is 3. The molecule has 0 spiro atoms. The molecule has 5 rings (SSSR count). The normalized spacial score (nSPS) is 11.4. The molecule has 0 aliphatic heterocycles. The summed E-state index contributed by atoms with van der Waals surface area (Å²) in [6, 6.07) is 41.2. The summed E-state index contributed by atoms with van der Waals surface area (Å²) in [6.07, 6.45) is 1.83. The van der Waals surface area contributed by atoms with Crippen LogP contribution < -0.4 is 0 Å². The molecule has 0 aliphatic carbocycles. The van der Waals surface area contributed by atoms with Gasteiger partial charge in [0.15, 0.2) is 5.78 Å². The molecule has 0 atom stereocenters. The molecule has 0 saturated carbocycles. The molecule has 3 aromatic carbocycles. The fourth-order valence-corrected chi connectivity index (χ4v) is 4.88. The Labute approximate surface area is 252 Å². The summed E-state index contributed by atoms with van der Waals surface area (Å²) in [6.45, 7) is 8.60. The molecule has 0 aliphatic rings. The fraction of sp³-hybridized carbons (Fsp3) is 0.167. The van der Waals surface area contributed by atoms with Crippen LogP contribution in [-0.2, 0) is 31.9 Å². The van der Waals surface area contributed by atoms with Crippen molar-refractivity contribution in [3.05, 3.63) is 173 Å². The third-order valence-electron chi connectivity index (χ3n) is 7.42. The van der Waals surface area contributed by atoms with Gasteiger partial charge in [0, 0.05) is 28.4 Å². The number of nitrogens with zero attached hydrogens (tertiary/aromatic N) is 2. The van der Waals surface area contributed by atoms with Gasteiger partial charge in [-0.2, -0.15) is 35.4 Å². The number of Topliss-reactive ketones (excluding diaryl/α,β-unsaturated/α-hetero) is 1. The molecule has 40 heavy (non-hydrogen) atoms. The SMILES string of the molecule is CC(C)(c1[c-]c(C(C)(C)c2cccc(C(=O)[C-](c3ccccc3)c3ccccc3)n2)ccc1)c1ccccn1.[Pt+2]. The van der Waals surface area contributed by atoms with E-state index in [4.69, 9.17) is 4.98 Å². The molecule has 2 heterocycles. The van der Waals surface area contributed by atoms with Gasteiger partial charge >= 0.3 is 21.1 Å². The zero-order valence-corrected chi connectivity index (χ0v) is 25.4. The van der Waals surface area contributed by atoms with Gasteiger partial charge in [-0.15, -0.1) is 24.3 Å². The van der Waals surface area contributed by atoms with Gasteiger partial charge < -0.3 is 4.79 Å². The largest absolute Gasteiger partial charge is 2.00 e. The third-order valence-corrected chi connectivity index (χ3v) is 7.42. The van der Waals surface area contributed by atoms with E-state index in [1.165, 1.54) is 0 Å². The molecule has 3 nitrogen and oxygen atoms in total. The van der Waals surface area contributed by atoms with Crippen LogP contribution in [0, 0.1) is 12.0 Å². The molecular formula is C36H32N2OPt. The van der Waals surface area contributed by atoms with Crippen molar-refractivity contribution >= 4 is 5.78 Å². The molecule has 0 amide bonds. The maximum Gasteiger partial charge on any atom is 2.00 e. The first-order valence-electron chi connectivity index (χ1n) is 13.2. The second-order valence-corrected chi connectivity index (χ2v) is 10.8. The van der Waals surface area contributed by atoms with Crippen LogP contribution in [0.15, 0.2) is 121 Å².